The van der Waals surface area contributed by atoms with E-state index in [1.165, 1.54) is 0 Å². The highest BCUT2D eigenvalue weighted by Crippen LogP contribution is 2.39. The number of thiophene rings is 1. The molecule has 0 saturated heterocycles. The quantitative estimate of drug-likeness (QED) is 0.392. The molecule has 2 aromatic heterocycles. The van der Waals surface area contributed by atoms with Gasteiger partial charge in [0, 0.05) is 10.9 Å². The van der Waals surface area contributed by atoms with Crippen LogP contribution in [0.4, 0.5) is 11.5 Å². The van der Waals surface area contributed by atoms with Crippen molar-refractivity contribution in [2.45, 2.75) is 26.9 Å². The van der Waals surface area contributed by atoms with Gasteiger partial charge in [0.2, 0.25) is 0 Å². The van der Waals surface area contributed by atoms with Gasteiger partial charge in [0.25, 0.3) is 0 Å². The Balaban J connectivity index is 1.74. The first-order chi connectivity index (χ1) is 14.2. The SMILES string of the molecule is CCOc1ccc(-c2csc3ncnc(Nc4ccccc4OC(C)C)c23)cc1. The lowest BCUT2D eigenvalue weighted by molar-refractivity contribution is 0.244. The highest BCUT2D eigenvalue weighted by Gasteiger charge is 2.15. The van der Waals surface area contributed by atoms with Gasteiger partial charge in [0.15, 0.2) is 0 Å². The molecule has 0 spiro atoms. The maximum Gasteiger partial charge on any atom is 0.143 e. The number of fused-ring (bicyclic) bond motifs is 1. The van der Waals surface area contributed by atoms with E-state index in [0.29, 0.717) is 6.61 Å². The van der Waals surface area contributed by atoms with Crippen LogP contribution in [-0.2, 0) is 0 Å². The van der Waals surface area contributed by atoms with Crippen molar-refractivity contribution < 1.29 is 9.47 Å². The molecule has 0 aliphatic carbocycles. The van der Waals surface area contributed by atoms with E-state index in [0.717, 1.165) is 44.3 Å². The van der Waals surface area contributed by atoms with Crippen molar-refractivity contribution in [3.8, 4) is 22.6 Å². The third kappa shape index (κ3) is 4.17. The Labute approximate surface area is 174 Å². The lowest BCUT2D eigenvalue weighted by Crippen LogP contribution is -2.07. The van der Waals surface area contributed by atoms with E-state index in [2.05, 4.69) is 32.8 Å². The zero-order valence-corrected chi connectivity index (χ0v) is 17.5. The Morgan fingerprint density at radius 3 is 2.59 bits per heavy atom. The van der Waals surface area contributed by atoms with E-state index >= 15 is 0 Å². The van der Waals surface area contributed by atoms with Gasteiger partial charge in [0.1, 0.15) is 28.5 Å². The summed E-state index contributed by atoms with van der Waals surface area (Å²) in [7, 11) is 0. The fourth-order valence-electron chi connectivity index (χ4n) is 3.13. The second-order valence-electron chi connectivity index (χ2n) is 6.80. The lowest BCUT2D eigenvalue weighted by atomic mass is 10.1. The van der Waals surface area contributed by atoms with Crippen molar-refractivity contribution in [2.24, 2.45) is 0 Å². The molecule has 0 unspecified atom stereocenters. The minimum absolute atomic E-state index is 0.0870. The molecule has 5 nitrogen and oxygen atoms in total. The number of aromatic nitrogens is 2. The van der Waals surface area contributed by atoms with Crippen LogP contribution in [0.15, 0.2) is 60.2 Å². The molecule has 2 aromatic carbocycles. The van der Waals surface area contributed by atoms with Gasteiger partial charge in [-0.1, -0.05) is 24.3 Å². The summed E-state index contributed by atoms with van der Waals surface area (Å²) in [5, 5.41) is 6.58. The van der Waals surface area contributed by atoms with E-state index in [4.69, 9.17) is 9.47 Å². The van der Waals surface area contributed by atoms with Crippen LogP contribution in [0.5, 0.6) is 11.5 Å². The van der Waals surface area contributed by atoms with Crippen molar-refractivity contribution >= 4 is 33.1 Å². The molecule has 4 aromatic rings. The number of anilines is 2. The van der Waals surface area contributed by atoms with Crippen LogP contribution < -0.4 is 14.8 Å². The van der Waals surface area contributed by atoms with Gasteiger partial charge in [-0.25, -0.2) is 9.97 Å². The fraction of sp³-hybridized carbons (Fsp3) is 0.217. The molecule has 0 aliphatic heterocycles. The molecule has 0 fully saturated rings. The summed E-state index contributed by atoms with van der Waals surface area (Å²) in [5.74, 6) is 2.43. The molecule has 148 valence electrons. The Hall–Kier alpha value is -3.12. The largest absolute Gasteiger partial charge is 0.494 e. The number of benzene rings is 2. The summed E-state index contributed by atoms with van der Waals surface area (Å²) >= 11 is 1.61. The monoisotopic (exact) mass is 405 g/mol. The zero-order valence-electron chi connectivity index (χ0n) is 16.7. The molecule has 0 saturated carbocycles. The van der Waals surface area contributed by atoms with Crippen molar-refractivity contribution in [1.29, 1.82) is 0 Å². The summed E-state index contributed by atoms with van der Waals surface area (Å²) in [6, 6.07) is 16.0. The molecule has 1 N–H and O–H groups in total. The highest BCUT2D eigenvalue weighted by atomic mass is 32.1. The molecular formula is C23H23N3O2S. The molecule has 4 rings (SSSR count). The molecular weight excluding hydrogens is 382 g/mol. The standard InChI is InChI=1S/C23H23N3O2S/c1-4-27-17-11-9-16(10-12-17)18-13-29-23-21(18)22(24-14-25-23)26-19-7-5-6-8-20(19)28-15(2)3/h5-15H,4H2,1-3H3,(H,24,25,26). The lowest BCUT2D eigenvalue weighted by Gasteiger charge is -2.15. The highest BCUT2D eigenvalue weighted by molar-refractivity contribution is 7.17. The predicted octanol–water partition coefficient (Wildman–Crippen LogP) is 6.29. The minimum atomic E-state index is 0.0870. The van der Waals surface area contributed by atoms with E-state index in [1.54, 1.807) is 17.7 Å². The number of hydrogen-bond donors (Lipinski definition) is 1. The molecule has 0 bridgehead atoms. The summed E-state index contributed by atoms with van der Waals surface area (Å²) in [6.07, 6.45) is 1.68. The van der Waals surface area contributed by atoms with Crippen LogP contribution in [0.25, 0.3) is 21.3 Å². The Kier molecular flexibility index (Phi) is 5.62. The number of nitrogens with zero attached hydrogens (tertiary/aromatic N) is 2. The zero-order chi connectivity index (χ0) is 20.2. The summed E-state index contributed by atoms with van der Waals surface area (Å²) in [4.78, 5) is 9.93. The number of hydrogen-bond acceptors (Lipinski definition) is 6. The fourth-order valence-corrected chi connectivity index (χ4v) is 4.05. The van der Waals surface area contributed by atoms with Gasteiger partial charge in [-0.05, 0) is 50.6 Å². The smallest absolute Gasteiger partial charge is 0.143 e. The van der Waals surface area contributed by atoms with Gasteiger partial charge in [-0.2, -0.15) is 0 Å². The van der Waals surface area contributed by atoms with Crippen LogP contribution in [0.1, 0.15) is 20.8 Å². The molecule has 0 amide bonds. The number of nitrogens with one attached hydrogen (secondary N) is 1. The number of para-hydroxylation sites is 2. The molecule has 2 heterocycles. The average molecular weight is 406 g/mol. The van der Waals surface area contributed by atoms with Crippen LogP contribution in [0.2, 0.25) is 0 Å². The maximum atomic E-state index is 5.94. The first-order valence-electron chi connectivity index (χ1n) is 9.64. The van der Waals surface area contributed by atoms with Crippen LogP contribution in [0, 0.1) is 0 Å². The van der Waals surface area contributed by atoms with E-state index < -0.39 is 0 Å². The number of rotatable bonds is 7. The third-order valence-electron chi connectivity index (χ3n) is 4.35. The molecule has 0 radical (unpaired) electrons. The van der Waals surface area contributed by atoms with Crippen LogP contribution >= 0.6 is 11.3 Å². The Morgan fingerprint density at radius 1 is 1.03 bits per heavy atom. The second-order valence-corrected chi connectivity index (χ2v) is 7.66. The first kappa shape index (κ1) is 19.2. The van der Waals surface area contributed by atoms with E-state index in [-0.39, 0.29) is 6.10 Å². The Morgan fingerprint density at radius 2 is 1.83 bits per heavy atom. The van der Waals surface area contributed by atoms with Gasteiger partial charge in [-0.3, -0.25) is 0 Å². The van der Waals surface area contributed by atoms with Gasteiger partial charge >= 0.3 is 0 Å². The van der Waals surface area contributed by atoms with Gasteiger partial charge in [-0.15, -0.1) is 11.3 Å². The van der Waals surface area contributed by atoms with Crippen molar-refractivity contribution in [2.75, 3.05) is 11.9 Å². The molecule has 0 atom stereocenters. The van der Waals surface area contributed by atoms with Crippen molar-refractivity contribution in [3.05, 3.63) is 60.2 Å². The van der Waals surface area contributed by atoms with Crippen LogP contribution in [-0.4, -0.2) is 22.7 Å². The maximum absolute atomic E-state index is 5.94. The third-order valence-corrected chi connectivity index (χ3v) is 5.24. The topological polar surface area (TPSA) is 56.3 Å². The van der Waals surface area contributed by atoms with Crippen molar-refractivity contribution in [3.63, 3.8) is 0 Å². The molecule has 29 heavy (non-hydrogen) atoms. The van der Waals surface area contributed by atoms with Crippen LogP contribution in [0.3, 0.4) is 0 Å². The normalized spacial score (nSPS) is 11.0. The van der Waals surface area contributed by atoms with Crippen molar-refractivity contribution in [1.82, 2.24) is 9.97 Å². The number of ether oxygens (including phenoxy) is 2. The summed E-state index contributed by atoms with van der Waals surface area (Å²) < 4.78 is 11.5. The molecule has 6 heteroatoms. The van der Waals surface area contributed by atoms with E-state index in [9.17, 15) is 0 Å². The Bertz CT molecular complexity index is 1110. The summed E-state index contributed by atoms with van der Waals surface area (Å²) in [5.41, 5.74) is 3.08. The first-order valence-corrected chi connectivity index (χ1v) is 10.5. The predicted molar refractivity (Wildman–Crippen MR) is 120 cm³/mol. The van der Waals surface area contributed by atoms with E-state index in [1.807, 2.05) is 57.2 Å². The average Bonchev–Trinajstić information content (AvgIpc) is 3.15. The van der Waals surface area contributed by atoms with Gasteiger partial charge in [0.05, 0.1) is 23.8 Å². The minimum Gasteiger partial charge on any atom is -0.494 e. The molecule has 0 aliphatic rings. The summed E-state index contributed by atoms with van der Waals surface area (Å²) in [6.45, 7) is 6.67. The second kappa shape index (κ2) is 8.49. The van der Waals surface area contributed by atoms with Gasteiger partial charge < -0.3 is 14.8 Å².